The van der Waals surface area contributed by atoms with Crippen molar-refractivity contribution in [3.63, 3.8) is 0 Å². The van der Waals surface area contributed by atoms with Crippen LogP contribution in [-0.4, -0.2) is 21.1 Å². The molecule has 1 fully saturated rings. The first-order valence-electron chi connectivity index (χ1n) is 10.8. The van der Waals surface area contributed by atoms with Gasteiger partial charge in [-0.05, 0) is 77.9 Å². The van der Waals surface area contributed by atoms with Crippen LogP contribution in [0.3, 0.4) is 0 Å². The summed E-state index contributed by atoms with van der Waals surface area (Å²) in [7, 11) is -3.75. The van der Waals surface area contributed by atoms with Crippen LogP contribution in [-0.2, 0) is 26.7 Å². The molecule has 33 heavy (non-hydrogen) atoms. The van der Waals surface area contributed by atoms with Crippen LogP contribution in [0.25, 0.3) is 11.1 Å². The molecule has 5 rings (SSSR count). The van der Waals surface area contributed by atoms with Crippen molar-refractivity contribution in [1.29, 1.82) is 0 Å². The molecule has 0 bridgehead atoms. The van der Waals surface area contributed by atoms with Crippen LogP contribution in [0.4, 0.5) is 5.69 Å². The molecule has 2 aliphatic rings. The first kappa shape index (κ1) is 21.5. The average molecular weight is 465 g/mol. The summed E-state index contributed by atoms with van der Waals surface area (Å²) in [5.74, 6) is 1.31. The van der Waals surface area contributed by atoms with Crippen molar-refractivity contribution in [2.75, 3.05) is 12.1 Å². The van der Waals surface area contributed by atoms with E-state index in [2.05, 4.69) is 12.2 Å². The van der Waals surface area contributed by atoms with Gasteiger partial charge in [-0.2, -0.15) is 0 Å². The molecule has 170 valence electrons. The van der Waals surface area contributed by atoms with Crippen molar-refractivity contribution in [3.05, 3.63) is 71.8 Å². The summed E-state index contributed by atoms with van der Waals surface area (Å²) in [4.78, 5) is 13.4. The summed E-state index contributed by atoms with van der Waals surface area (Å²) in [5.41, 5.74) is 3.93. The Kier molecular flexibility index (Phi) is 5.14. The van der Waals surface area contributed by atoms with E-state index in [-0.39, 0.29) is 17.6 Å². The van der Waals surface area contributed by atoms with Crippen LogP contribution >= 0.6 is 0 Å². The van der Waals surface area contributed by atoms with Gasteiger partial charge in [0.2, 0.25) is 22.7 Å². The molecule has 1 heterocycles. The first-order valence-corrected chi connectivity index (χ1v) is 12.3. The molecule has 0 saturated heterocycles. The maximum Gasteiger partial charge on any atom is 0.238 e. The summed E-state index contributed by atoms with van der Waals surface area (Å²) in [6, 6.07) is 17.9. The molecule has 3 N–H and O–H groups in total. The number of fused-ring (bicyclic) bond motifs is 1. The summed E-state index contributed by atoms with van der Waals surface area (Å²) in [5, 5.41) is 8.30. The summed E-state index contributed by atoms with van der Waals surface area (Å²) < 4.78 is 34.0. The number of benzene rings is 3. The van der Waals surface area contributed by atoms with Gasteiger partial charge < -0.3 is 14.8 Å². The van der Waals surface area contributed by atoms with Gasteiger partial charge in [0.15, 0.2) is 11.5 Å². The summed E-state index contributed by atoms with van der Waals surface area (Å²) >= 11 is 0. The Morgan fingerprint density at radius 3 is 2.39 bits per heavy atom. The van der Waals surface area contributed by atoms with Crippen LogP contribution in [0.1, 0.15) is 30.9 Å². The number of rotatable bonds is 6. The SMILES string of the molecule is CCc1ccc(NC(=O)C2(c3ccc4c(c3)OCO4)CC2)cc1-c1ccc(S(N)(=O)=O)cc1. The highest BCUT2D eigenvalue weighted by Crippen LogP contribution is 2.51. The Bertz CT molecular complexity index is 1350. The van der Waals surface area contributed by atoms with Crippen molar-refractivity contribution in [2.45, 2.75) is 36.5 Å². The lowest BCUT2D eigenvalue weighted by Crippen LogP contribution is -2.27. The molecule has 0 spiro atoms. The Morgan fingerprint density at radius 2 is 1.73 bits per heavy atom. The average Bonchev–Trinajstić information content (AvgIpc) is 3.49. The number of primary sulfonamides is 1. The summed E-state index contributed by atoms with van der Waals surface area (Å²) in [6.45, 7) is 2.25. The summed E-state index contributed by atoms with van der Waals surface area (Å²) in [6.07, 6.45) is 2.34. The lowest BCUT2D eigenvalue weighted by molar-refractivity contribution is -0.118. The van der Waals surface area contributed by atoms with Crippen LogP contribution in [0.2, 0.25) is 0 Å². The lowest BCUT2D eigenvalue weighted by atomic mass is 9.93. The van der Waals surface area contributed by atoms with Gasteiger partial charge in [0.05, 0.1) is 10.3 Å². The molecule has 0 aromatic heterocycles. The Hall–Kier alpha value is -3.36. The standard InChI is InChI=1S/C25H24N2O5S/c1-2-16-3-7-19(14-21(16)17-4-8-20(9-5-17)33(26,29)30)27-24(28)25(11-12-25)18-6-10-22-23(13-18)32-15-31-22/h3-10,13-14H,2,11-12,15H2,1H3,(H,27,28)(H2,26,29,30). The fraction of sp³-hybridized carbons (Fsp3) is 0.240. The van der Waals surface area contributed by atoms with Crippen LogP contribution < -0.4 is 19.9 Å². The van der Waals surface area contributed by atoms with Gasteiger partial charge >= 0.3 is 0 Å². The third-order valence-electron chi connectivity index (χ3n) is 6.35. The van der Waals surface area contributed by atoms with Gasteiger partial charge in [0, 0.05) is 5.69 Å². The Morgan fingerprint density at radius 1 is 1.00 bits per heavy atom. The number of sulfonamides is 1. The predicted octanol–water partition coefficient (Wildman–Crippen LogP) is 3.96. The molecule has 1 aliphatic carbocycles. The van der Waals surface area contributed by atoms with Crippen LogP contribution in [0.15, 0.2) is 65.6 Å². The number of nitrogens with one attached hydrogen (secondary N) is 1. The van der Waals surface area contributed by atoms with E-state index >= 15 is 0 Å². The predicted molar refractivity (Wildman–Crippen MR) is 125 cm³/mol. The number of aryl methyl sites for hydroxylation is 1. The largest absolute Gasteiger partial charge is 0.454 e. The quantitative estimate of drug-likeness (QED) is 0.574. The van der Waals surface area contributed by atoms with E-state index in [0.29, 0.717) is 17.2 Å². The topological polar surface area (TPSA) is 108 Å². The molecule has 1 amide bonds. The molecule has 7 nitrogen and oxygen atoms in total. The molecular weight excluding hydrogens is 440 g/mol. The number of carbonyl (C=O) groups excluding carboxylic acids is 1. The van der Waals surface area contributed by atoms with Gasteiger partial charge in [-0.25, -0.2) is 13.6 Å². The fourth-order valence-electron chi connectivity index (χ4n) is 4.27. The molecule has 3 aromatic carbocycles. The highest BCUT2D eigenvalue weighted by Gasteiger charge is 2.51. The molecule has 1 aliphatic heterocycles. The van der Waals surface area contributed by atoms with E-state index < -0.39 is 15.4 Å². The first-order chi connectivity index (χ1) is 15.8. The minimum Gasteiger partial charge on any atom is -0.454 e. The monoisotopic (exact) mass is 464 g/mol. The number of amides is 1. The lowest BCUT2D eigenvalue weighted by Gasteiger charge is -2.18. The number of nitrogens with two attached hydrogens (primary N) is 1. The number of anilines is 1. The molecule has 3 aromatic rings. The van der Waals surface area contributed by atoms with Crippen LogP contribution in [0.5, 0.6) is 11.5 Å². The zero-order valence-corrected chi connectivity index (χ0v) is 18.9. The number of hydrogen-bond acceptors (Lipinski definition) is 5. The Balaban J connectivity index is 1.42. The van der Waals surface area contributed by atoms with Crippen molar-refractivity contribution in [2.24, 2.45) is 5.14 Å². The van der Waals surface area contributed by atoms with E-state index in [1.54, 1.807) is 12.1 Å². The minimum atomic E-state index is -3.75. The number of ether oxygens (including phenoxy) is 2. The number of carbonyl (C=O) groups is 1. The molecule has 0 unspecified atom stereocenters. The Labute approximate surface area is 192 Å². The molecule has 0 atom stereocenters. The fourth-order valence-corrected chi connectivity index (χ4v) is 4.79. The van der Waals surface area contributed by atoms with E-state index in [1.165, 1.54) is 12.1 Å². The zero-order valence-electron chi connectivity index (χ0n) is 18.1. The van der Waals surface area contributed by atoms with Crippen LogP contribution in [0, 0.1) is 0 Å². The molecular formula is C25H24N2O5S. The molecule has 1 saturated carbocycles. The third-order valence-corrected chi connectivity index (χ3v) is 7.28. The normalized spacial score (nSPS) is 15.8. The smallest absolute Gasteiger partial charge is 0.238 e. The van der Waals surface area contributed by atoms with E-state index in [1.807, 2.05) is 36.4 Å². The van der Waals surface area contributed by atoms with Gasteiger partial charge in [0.1, 0.15) is 0 Å². The van der Waals surface area contributed by atoms with E-state index in [9.17, 15) is 13.2 Å². The van der Waals surface area contributed by atoms with Gasteiger partial charge in [0.25, 0.3) is 0 Å². The maximum atomic E-state index is 13.3. The highest BCUT2D eigenvalue weighted by molar-refractivity contribution is 7.89. The third kappa shape index (κ3) is 3.96. The zero-order chi connectivity index (χ0) is 23.2. The van der Waals surface area contributed by atoms with Gasteiger partial charge in [-0.1, -0.05) is 31.2 Å². The molecule has 8 heteroatoms. The van der Waals surface area contributed by atoms with Crippen molar-refractivity contribution in [3.8, 4) is 22.6 Å². The maximum absolute atomic E-state index is 13.3. The molecule has 0 radical (unpaired) electrons. The second-order valence-corrected chi connectivity index (χ2v) is 9.96. The van der Waals surface area contributed by atoms with Crippen molar-refractivity contribution < 1.29 is 22.7 Å². The second kappa shape index (κ2) is 7.90. The number of hydrogen-bond donors (Lipinski definition) is 2. The van der Waals surface area contributed by atoms with Gasteiger partial charge in [-0.15, -0.1) is 0 Å². The second-order valence-electron chi connectivity index (χ2n) is 8.40. The minimum absolute atomic E-state index is 0.0545. The van der Waals surface area contributed by atoms with E-state index in [0.717, 1.165) is 41.5 Å². The highest BCUT2D eigenvalue weighted by atomic mass is 32.2. The van der Waals surface area contributed by atoms with Crippen molar-refractivity contribution in [1.82, 2.24) is 0 Å². The van der Waals surface area contributed by atoms with Gasteiger partial charge in [-0.3, -0.25) is 4.79 Å². The van der Waals surface area contributed by atoms with E-state index in [4.69, 9.17) is 14.6 Å². The van der Waals surface area contributed by atoms with Crippen molar-refractivity contribution >= 4 is 21.6 Å².